The number of ether oxygens (including phenoxy) is 2. The molecule has 0 aromatic heterocycles. The number of amides is 3. The first kappa shape index (κ1) is 39.6. The van der Waals surface area contributed by atoms with Crippen molar-refractivity contribution in [2.24, 2.45) is 0 Å². The molecule has 2 N–H and O–H groups in total. The zero-order valence-electron chi connectivity index (χ0n) is 29.9. The highest BCUT2D eigenvalue weighted by Gasteiger charge is 2.38. The molecule has 3 unspecified atom stereocenters. The summed E-state index contributed by atoms with van der Waals surface area (Å²) in [5, 5.41) is 5.74. The largest absolute Gasteiger partial charge is 0.458 e. The smallest absolute Gasteiger partial charge is 0.408 e. The number of esters is 1. The fourth-order valence-corrected chi connectivity index (χ4v) is 5.38. The molecule has 9 nitrogen and oxygen atoms in total. The molecule has 2 aromatic carbocycles. The zero-order valence-corrected chi connectivity index (χ0v) is 30.7. The Morgan fingerprint density at radius 2 is 1.49 bits per heavy atom. The first-order chi connectivity index (χ1) is 22.0. The average molecular weight is 670 g/mol. The van der Waals surface area contributed by atoms with Crippen molar-refractivity contribution in [3.8, 4) is 0 Å². The highest BCUT2D eigenvalue weighted by molar-refractivity contribution is 7.98. The minimum Gasteiger partial charge on any atom is -0.458 e. The van der Waals surface area contributed by atoms with E-state index in [1.165, 1.54) is 0 Å². The monoisotopic (exact) mass is 669 g/mol. The van der Waals surface area contributed by atoms with Crippen molar-refractivity contribution >= 4 is 35.6 Å². The Hall–Kier alpha value is -3.53. The molecule has 3 amide bonds. The van der Waals surface area contributed by atoms with Gasteiger partial charge in [0.05, 0.1) is 0 Å². The highest BCUT2D eigenvalue weighted by Crippen LogP contribution is 2.27. The maximum absolute atomic E-state index is 14.5. The normalized spacial score (nSPS) is 13.6. The Kier molecular flexibility index (Phi) is 15.3. The third-order valence-electron chi connectivity index (χ3n) is 7.33. The van der Waals surface area contributed by atoms with Crippen molar-refractivity contribution in [2.45, 2.75) is 117 Å². The van der Waals surface area contributed by atoms with Gasteiger partial charge in [-0.1, -0.05) is 61.9 Å². The molecule has 0 radical (unpaired) electrons. The minimum absolute atomic E-state index is 0.209. The molecular formula is C37H55N3O6S. The third kappa shape index (κ3) is 13.6. The SMILES string of the molecule is CCCCN(C(=O)C(CCSC)NC(=O)OC(C)(C)C)C(C(=O)NC(Cc1ccccc1)C(=O)OC(C)(C)C)c1ccc(C)c(C)c1. The maximum Gasteiger partial charge on any atom is 0.408 e. The molecule has 0 fully saturated rings. The van der Waals surface area contributed by atoms with Crippen LogP contribution in [0.1, 0.15) is 96.0 Å². The number of nitrogens with zero attached hydrogens (tertiary/aromatic N) is 1. The molecule has 2 rings (SSSR count). The Labute approximate surface area is 285 Å². The lowest BCUT2D eigenvalue weighted by Crippen LogP contribution is -2.55. The van der Waals surface area contributed by atoms with E-state index in [0.29, 0.717) is 24.2 Å². The minimum atomic E-state index is -1.08. The van der Waals surface area contributed by atoms with Gasteiger partial charge in [0.1, 0.15) is 29.3 Å². The molecule has 0 heterocycles. The van der Waals surface area contributed by atoms with E-state index >= 15 is 0 Å². The summed E-state index contributed by atoms with van der Waals surface area (Å²) < 4.78 is 11.2. The summed E-state index contributed by atoms with van der Waals surface area (Å²) in [6.07, 6.45) is 3.18. The van der Waals surface area contributed by atoms with Crippen LogP contribution in [-0.2, 0) is 30.3 Å². The predicted molar refractivity (Wildman–Crippen MR) is 189 cm³/mol. The molecule has 0 saturated heterocycles. The van der Waals surface area contributed by atoms with Crippen LogP contribution in [0.3, 0.4) is 0 Å². The second kappa shape index (κ2) is 18.1. The molecule has 10 heteroatoms. The molecule has 47 heavy (non-hydrogen) atoms. The average Bonchev–Trinajstić information content (AvgIpc) is 2.97. The topological polar surface area (TPSA) is 114 Å². The summed E-state index contributed by atoms with van der Waals surface area (Å²) in [7, 11) is 0. The highest BCUT2D eigenvalue weighted by atomic mass is 32.2. The Bertz CT molecular complexity index is 1340. The number of carbonyl (C=O) groups excluding carboxylic acids is 4. The van der Waals surface area contributed by atoms with E-state index in [9.17, 15) is 19.2 Å². The van der Waals surface area contributed by atoms with Crippen LogP contribution < -0.4 is 10.6 Å². The van der Waals surface area contributed by atoms with E-state index in [-0.39, 0.29) is 13.0 Å². The number of aryl methyl sites for hydroxylation is 2. The molecule has 0 spiro atoms. The number of unbranched alkanes of at least 4 members (excludes halogenated alkanes) is 1. The summed E-state index contributed by atoms with van der Waals surface area (Å²) in [6, 6.07) is 12.1. The number of thioether (sulfide) groups is 1. The van der Waals surface area contributed by atoms with Crippen molar-refractivity contribution in [3.05, 3.63) is 70.8 Å². The van der Waals surface area contributed by atoms with Gasteiger partial charge in [-0.15, -0.1) is 0 Å². The Morgan fingerprint density at radius 1 is 0.851 bits per heavy atom. The van der Waals surface area contributed by atoms with Crippen LogP contribution in [-0.4, -0.2) is 70.6 Å². The van der Waals surface area contributed by atoms with Gasteiger partial charge in [0.15, 0.2) is 0 Å². The molecule has 2 aromatic rings. The lowest BCUT2D eigenvalue weighted by atomic mass is 9.97. The second-order valence-corrected chi connectivity index (χ2v) is 14.9. The number of rotatable bonds is 15. The fraction of sp³-hybridized carbons (Fsp3) is 0.568. The van der Waals surface area contributed by atoms with Crippen LogP contribution in [0.15, 0.2) is 48.5 Å². The van der Waals surface area contributed by atoms with Crippen LogP contribution in [0.4, 0.5) is 4.79 Å². The maximum atomic E-state index is 14.5. The quantitative estimate of drug-likeness (QED) is 0.203. The van der Waals surface area contributed by atoms with Gasteiger partial charge in [-0.3, -0.25) is 9.59 Å². The fourth-order valence-electron chi connectivity index (χ4n) is 4.91. The molecular weight excluding hydrogens is 614 g/mol. The predicted octanol–water partition coefficient (Wildman–Crippen LogP) is 6.69. The van der Waals surface area contributed by atoms with Gasteiger partial charge in [-0.25, -0.2) is 9.59 Å². The van der Waals surface area contributed by atoms with E-state index in [1.54, 1.807) is 58.2 Å². The zero-order chi connectivity index (χ0) is 35.4. The van der Waals surface area contributed by atoms with E-state index in [1.807, 2.05) is 75.6 Å². The molecule has 3 atom stereocenters. The van der Waals surface area contributed by atoms with E-state index < -0.39 is 53.2 Å². The van der Waals surface area contributed by atoms with Gasteiger partial charge in [-0.05, 0) is 102 Å². The molecule has 0 saturated carbocycles. The van der Waals surface area contributed by atoms with Crippen LogP contribution >= 0.6 is 11.8 Å². The second-order valence-electron chi connectivity index (χ2n) is 13.9. The summed E-state index contributed by atoms with van der Waals surface area (Å²) in [5.74, 6) is -0.866. The van der Waals surface area contributed by atoms with E-state index in [4.69, 9.17) is 9.47 Å². The van der Waals surface area contributed by atoms with Crippen LogP contribution in [0.25, 0.3) is 0 Å². The standard InChI is InChI=1S/C37H55N3O6S/c1-11-12-21-40(33(42)29(20-22-47-10)39-35(44)46-37(7,8)9)31(28-19-18-25(2)26(3)23-28)32(41)38-30(34(43)45-36(4,5)6)24-27-16-14-13-15-17-27/h13-19,23,29-31H,11-12,20-22,24H2,1-10H3,(H,38,41)(H,39,44). The number of carbonyl (C=O) groups is 4. The number of hydrogen-bond acceptors (Lipinski definition) is 7. The number of nitrogens with one attached hydrogen (secondary N) is 2. The third-order valence-corrected chi connectivity index (χ3v) is 7.98. The first-order valence-corrected chi connectivity index (χ1v) is 17.8. The van der Waals surface area contributed by atoms with Crippen molar-refractivity contribution in [1.29, 1.82) is 0 Å². The van der Waals surface area contributed by atoms with Gasteiger partial charge < -0.3 is 25.0 Å². The lowest BCUT2D eigenvalue weighted by Gasteiger charge is -2.35. The molecule has 0 aliphatic heterocycles. The molecule has 0 bridgehead atoms. The first-order valence-electron chi connectivity index (χ1n) is 16.4. The summed E-state index contributed by atoms with van der Waals surface area (Å²) >= 11 is 1.56. The number of benzene rings is 2. The summed E-state index contributed by atoms with van der Waals surface area (Å²) in [4.78, 5) is 57.0. The van der Waals surface area contributed by atoms with Crippen molar-refractivity contribution in [3.63, 3.8) is 0 Å². The molecule has 0 aliphatic carbocycles. The van der Waals surface area contributed by atoms with E-state index in [0.717, 1.165) is 23.1 Å². The molecule has 260 valence electrons. The Balaban J connectivity index is 2.63. The number of alkyl carbamates (subject to hydrolysis) is 1. The van der Waals surface area contributed by atoms with Crippen LogP contribution in [0.2, 0.25) is 0 Å². The summed E-state index contributed by atoms with van der Waals surface area (Å²) in [6.45, 7) is 16.8. The van der Waals surface area contributed by atoms with Crippen molar-refractivity contribution in [1.82, 2.24) is 15.5 Å². The molecule has 0 aliphatic rings. The van der Waals surface area contributed by atoms with Gasteiger partial charge >= 0.3 is 12.1 Å². The van der Waals surface area contributed by atoms with Crippen molar-refractivity contribution < 1.29 is 28.7 Å². The lowest BCUT2D eigenvalue weighted by molar-refractivity contribution is -0.159. The van der Waals surface area contributed by atoms with Crippen LogP contribution in [0, 0.1) is 13.8 Å². The van der Waals surface area contributed by atoms with Gasteiger partial charge in [-0.2, -0.15) is 11.8 Å². The van der Waals surface area contributed by atoms with E-state index in [2.05, 4.69) is 10.6 Å². The van der Waals surface area contributed by atoms with Crippen LogP contribution in [0.5, 0.6) is 0 Å². The summed E-state index contributed by atoms with van der Waals surface area (Å²) in [5.41, 5.74) is 1.94. The van der Waals surface area contributed by atoms with Gasteiger partial charge in [0.2, 0.25) is 11.8 Å². The number of hydrogen-bond donors (Lipinski definition) is 2. The van der Waals surface area contributed by atoms with Crippen molar-refractivity contribution in [2.75, 3.05) is 18.6 Å². The van der Waals surface area contributed by atoms with Gasteiger partial charge in [0.25, 0.3) is 0 Å². The Morgan fingerprint density at radius 3 is 2.04 bits per heavy atom. The van der Waals surface area contributed by atoms with Gasteiger partial charge in [0, 0.05) is 13.0 Å².